The smallest absolute Gasteiger partial charge is 0.329 e. The zero-order valence-electron chi connectivity index (χ0n) is 11.2. The highest BCUT2D eigenvalue weighted by Gasteiger charge is 2.39. The minimum atomic E-state index is -3.53. The van der Waals surface area contributed by atoms with Crippen molar-refractivity contribution in [3.05, 3.63) is 11.0 Å². The van der Waals surface area contributed by atoms with Gasteiger partial charge in [-0.25, -0.2) is 13.2 Å². The molecule has 1 saturated carbocycles. The summed E-state index contributed by atoms with van der Waals surface area (Å²) in [6.07, 6.45) is 1.14. The molecule has 0 saturated heterocycles. The van der Waals surface area contributed by atoms with Crippen molar-refractivity contribution in [3.8, 4) is 0 Å². The van der Waals surface area contributed by atoms with Crippen LogP contribution in [-0.2, 0) is 24.1 Å². The first-order valence-corrected chi connectivity index (χ1v) is 7.87. The Kier molecular flexibility index (Phi) is 5.96. The summed E-state index contributed by atoms with van der Waals surface area (Å²) in [7, 11) is -3.53. The lowest BCUT2D eigenvalue weighted by molar-refractivity contribution is -0.134. The van der Waals surface area contributed by atoms with Crippen LogP contribution in [0.3, 0.4) is 0 Å². The fraction of sp³-hybridized carbons (Fsp3) is 0.750. The van der Waals surface area contributed by atoms with Gasteiger partial charge in [0.2, 0.25) is 0 Å². The first-order valence-electron chi connectivity index (χ1n) is 6.32. The maximum atomic E-state index is 12.1. The summed E-state index contributed by atoms with van der Waals surface area (Å²) in [6.45, 7) is 4.27. The molecule has 0 bridgehead atoms. The van der Waals surface area contributed by atoms with E-state index < -0.39 is 27.3 Å². The third-order valence-electron chi connectivity index (χ3n) is 2.69. The molecule has 0 unspecified atom stereocenters. The molecule has 0 aromatic rings. The maximum Gasteiger partial charge on any atom is 0.329 e. The lowest BCUT2D eigenvalue weighted by Gasteiger charge is -2.18. The fourth-order valence-corrected chi connectivity index (χ4v) is 3.51. The Hall–Kier alpha value is -0.920. The highest BCUT2D eigenvalue weighted by atomic mass is 32.2. The lowest BCUT2D eigenvalue weighted by Crippen LogP contribution is -2.22. The largest absolute Gasteiger partial charge is 0.478 e. The second-order valence-electron chi connectivity index (χ2n) is 4.24. The molecule has 1 rings (SSSR count). The minimum Gasteiger partial charge on any atom is -0.478 e. The van der Waals surface area contributed by atoms with E-state index in [0.717, 1.165) is 6.08 Å². The molecule has 1 fully saturated rings. The van der Waals surface area contributed by atoms with E-state index in [1.807, 2.05) is 0 Å². The van der Waals surface area contributed by atoms with Crippen LogP contribution in [0.15, 0.2) is 11.0 Å². The van der Waals surface area contributed by atoms with E-state index in [4.69, 9.17) is 14.6 Å². The lowest BCUT2D eigenvalue weighted by atomic mass is 10.3. The molecule has 6 nitrogen and oxygen atoms in total. The van der Waals surface area contributed by atoms with Crippen LogP contribution < -0.4 is 0 Å². The Balaban J connectivity index is 2.88. The average Bonchev–Trinajstić information content (AvgIpc) is 3.12. The normalized spacial score (nSPS) is 16.9. The number of carboxylic acids is 1. The van der Waals surface area contributed by atoms with Crippen molar-refractivity contribution in [1.82, 2.24) is 0 Å². The highest BCUT2D eigenvalue weighted by Crippen LogP contribution is 2.34. The van der Waals surface area contributed by atoms with Gasteiger partial charge < -0.3 is 14.6 Å². The summed E-state index contributed by atoms with van der Waals surface area (Å²) < 4.78 is 34.8. The van der Waals surface area contributed by atoms with Crippen molar-refractivity contribution in [1.29, 1.82) is 0 Å². The fourth-order valence-electron chi connectivity index (χ4n) is 1.69. The van der Waals surface area contributed by atoms with E-state index in [1.54, 1.807) is 13.8 Å². The van der Waals surface area contributed by atoms with E-state index in [-0.39, 0.29) is 11.3 Å². The number of sulfone groups is 1. The molecule has 19 heavy (non-hydrogen) atoms. The first-order chi connectivity index (χ1) is 8.91. The molecule has 1 aliphatic rings. The highest BCUT2D eigenvalue weighted by molar-refractivity contribution is 7.96. The number of ether oxygens (including phenoxy) is 2. The second-order valence-corrected chi connectivity index (χ2v) is 6.52. The van der Waals surface area contributed by atoms with Crippen LogP contribution in [0.1, 0.15) is 33.1 Å². The van der Waals surface area contributed by atoms with Crippen molar-refractivity contribution in [2.24, 2.45) is 0 Å². The van der Waals surface area contributed by atoms with Gasteiger partial charge in [-0.05, 0) is 26.7 Å². The van der Waals surface area contributed by atoms with E-state index in [1.165, 1.54) is 0 Å². The Morgan fingerprint density at radius 2 is 1.84 bits per heavy atom. The SMILES string of the molecule is CCOC(C/C(=C/C(=O)O)S(=O)(=O)C1CC1)OCC. The molecule has 1 N–H and O–H groups in total. The van der Waals surface area contributed by atoms with Crippen molar-refractivity contribution in [2.75, 3.05) is 13.2 Å². The molecule has 0 radical (unpaired) electrons. The minimum absolute atomic E-state index is 0.0627. The molecule has 0 aliphatic heterocycles. The number of hydrogen-bond acceptors (Lipinski definition) is 5. The van der Waals surface area contributed by atoms with Gasteiger partial charge in [0.05, 0.1) is 10.2 Å². The molecule has 0 amide bonds. The number of carbonyl (C=O) groups is 1. The summed E-state index contributed by atoms with van der Waals surface area (Å²) in [5.74, 6) is -1.27. The molecule has 7 heteroatoms. The standard InChI is InChI=1S/C12H20O6S/c1-3-17-12(18-4-2)8-10(7-11(13)14)19(15,16)9-5-6-9/h7,9,12H,3-6,8H2,1-2H3,(H,13,14)/b10-7-. The Morgan fingerprint density at radius 3 is 2.21 bits per heavy atom. The third-order valence-corrected chi connectivity index (χ3v) is 5.05. The molecule has 0 heterocycles. The molecule has 0 aromatic carbocycles. The molecule has 0 spiro atoms. The van der Waals surface area contributed by atoms with Crippen LogP contribution in [0.25, 0.3) is 0 Å². The van der Waals surface area contributed by atoms with Gasteiger partial charge in [0.1, 0.15) is 0 Å². The molecule has 0 atom stereocenters. The van der Waals surface area contributed by atoms with E-state index in [0.29, 0.717) is 26.1 Å². The Morgan fingerprint density at radius 1 is 1.32 bits per heavy atom. The summed E-state index contributed by atoms with van der Waals surface area (Å²) >= 11 is 0. The van der Waals surface area contributed by atoms with Crippen molar-refractivity contribution in [2.45, 2.75) is 44.6 Å². The maximum absolute atomic E-state index is 12.1. The zero-order chi connectivity index (χ0) is 14.5. The van der Waals surface area contributed by atoms with E-state index in [9.17, 15) is 13.2 Å². The monoisotopic (exact) mass is 292 g/mol. The Labute approximate surface area is 113 Å². The van der Waals surface area contributed by atoms with Gasteiger partial charge >= 0.3 is 5.97 Å². The van der Waals surface area contributed by atoms with Crippen molar-refractivity contribution in [3.63, 3.8) is 0 Å². The molecular formula is C12H20O6S. The number of aliphatic carboxylic acids is 1. The molecular weight excluding hydrogens is 272 g/mol. The van der Waals surface area contributed by atoms with Crippen LogP contribution in [0, 0.1) is 0 Å². The summed E-state index contributed by atoms with van der Waals surface area (Å²) in [4.78, 5) is 10.7. The van der Waals surface area contributed by atoms with Crippen LogP contribution in [0.5, 0.6) is 0 Å². The average molecular weight is 292 g/mol. The first kappa shape index (κ1) is 16.1. The van der Waals surface area contributed by atoms with Gasteiger partial charge in [-0.15, -0.1) is 0 Å². The topological polar surface area (TPSA) is 89.9 Å². The number of carboxylic acid groups (broad SMARTS) is 1. The number of rotatable bonds is 9. The van der Waals surface area contributed by atoms with Crippen molar-refractivity contribution < 1.29 is 27.8 Å². The molecule has 0 aromatic heterocycles. The van der Waals surface area contributed by atoms with Crippen LogP contribution >= 0.6 is 0 Å². The number of hydrogen-bond donors (Lipinski definition) is 1. The predicted molar refractivity (Wildman–Crippen MR) is 69.3 cm³/mol. The van der Waals surface area contributed by atoms with Gasteiger partial charge in [0.25, 0.3) is 0 Å². The third kappa shape index (κ3) is 4.93. The van der Waals surface area contributed by atoms with Gasteiger partial charge in [-0.3, -0.25) is 0 Å². The Bertz CT molecular complexity index is 429. The van der Waals surface area contributed by atoms with Gasteiger partial charge in [0, 0.05) is 25.7 Å². The quantitative estimate of drug-likeness (QED) is 0.509. The second kappa shape index (κ2) is 7.02. The van der Waals surface area contributed by atoms with E-state index >= 15 is 0 Å². The van der Waals surface area contributed by atoms with Gasteiger partial charge in [0.15, 0.2) is 16.1 Å². The summed E-state index contributed by atoms with van der Waals surface area (Å²) in [5.41, 5.74) is 0. The summed E-state index contributed by atoms with van der Waals surface area (Å²) in [5, 5.41) is 8.36. The molecule has 110 valence electrons. The van der Waals surface area contributed by atoms with Gasteiger partial charge in [-0.1, -0.05) is 0 Å². The van der Waals surface area contributed by atoms with Crippen molar-refractivity contribution >= 4 is 15.8 Å². The van der Waals surface area contributed by atoms with Crippen LogP contribution in [0.2, 0.25) is 0 Å². The van der Waals surface area contributed by atoms with Crippen LogP contribution in [0.4, 0.5) is 0 Å². The zero-order valence-corrected chi connectivity index (χ0v) is 12.0. The van der Waals surface area contributed by atoms with Gasteiger partial charge in [-0.2, -0.15) is 0 Å². The predicted octanol–water partition coefficient (Wildman–Crippen LogP) is 1.32. The molecule has 1 aliphatic carbocycles. The van der Waals surface area contributed by atoms with E-state index in [2.05, 4.69) is 0 Å². The van der Waals surface area contributed by atoms with Crippen LogP contribution in [-0.4, -0.2) is 44.2 Å². The summed E-state index contributed by atoms with van der Waals surface area (Å²) in [6, 6.07) is 0.